The van der Waals surface area contributed by atoms with E-state index in [-0.39, 0.29) is 12.7 Å². The maximum absolute atomic E-state index is 11.8. The van der Waals surface area contributed by atoms with Gasteiger partial charge in [-0.05, 0) is 68.2 Å². The molecule has 0 aliphatic rings. The highest BCUT2D eigenvalue weighted by Gasteiger charge is 2.23. The zero-order valence-corrected chi connectivity index (χ0v) is 18.2. The highest BCUT2D eigenvalue weighted by molar-refractivity contribution is 9.10. The van der Waals surface area contributed by atoms with Crippen molar-refractivity contribution in [2.24, 2.45) is 5.41 Å². The number of nitrogens with zero attached hydrogens (tertiary/aromatic N) is 4. The van der Waals surface area contributed by atoms with Gasteiger partial charge in [-0.15, -0.1) is 15.0 Å². The van der Waals surface area contributed by atoms with E-state index in [1.54, 1.807) is 26.8 Å². The second kappa shape index (κ2) is 8.73. The molecular weight excluding hydrogens is 436 g/mol. The molecule has 0 fully saturated rings. The molecule has 0 radical (unpaired) electrons. The van der Waals surface area contributed by atoms with Crippen LogP contribution in [-0.4, -0.2) is 31.3 Å². The Morgan fingerprint density at radius 1 is 1.14 bits per heavy atom. The molecular formula is C21H23BrN4O3. The molecule has 0 unspecified atom stereocenters. The van der Waals surface area contributed by atoms with Crippen LogP contribution in [0.3, 0.4) is 0 Å². The Labute approximate surface area is 177 Å². The smallest absolute Gasteiger partial charge is 0.313 e. The number of hydrogen-bond donors (Lipinski definition) is 1. The van der Waals surface area contributed by atoms with Crippen LogP contribution in [0.4, 0.5) is 0 Å². The second-order valence-corrected chi connectivity index (χ2v) is 8.68. The number of esters is 1. The number of phenolic OH excluding ortho intramolecular Hbond substituents is 1. The van der Waals surface area contributed by atoms with Crippen molar-refractivity contribution < 1.29 is 14.6 Å². The molecule has 3 rings (SSSR count). The lowest BCUT2D eigenvalue weighted by atomic mass is 9.98. The van der Waals surface area contributed by atoms with Crippen LogP contribution in [0.15, 0.2) is 46.9 Å². The first-order chi connectivity index (χ1) is 13.7. The zero-order chi connectivity index (χ0) is 21.0. The summed E-state index contributed by atoms with van der Waals surface area (Å²) in [6, 6.07) is 13.3. The summed E-state index contributed by atoms with van der Waals surface area (Å²) in [6.07, 6.45) is 1.53. The van der Waals surface area contributed by atoms with Crippen molar-refractivity contribution in [1.29, 1.82) is 0 Å². The number of tetrazole rings is 1. The molecule has 7 nitrogen and oxygen atoms in total. The van der Waals surface area contributed by atoms with Crippen LogP contribution in [0.5, 0.6) is 5.75 Å². The Morgan fingerprint density at radius 3 is 2.55 bits per heavy atom. The topological polar surface area (TPSA) is 90.1 Å². The van der Waals surface area contributed by atoms with Crippen LogP contribution in [0.25, 0.3) is 11.4 Å². The first-order valence-corrected chi connectivity index (χ1v) is 10.0. The molecule has 1 heterocycles. The van der Waals surface area contributed by atoms with Crippen LogP contribution in [-0.2, 0) is 29.1 Å². The molecule has 0 atom stereocenters. The Bertz CT molecular complexity index is 994. The van der Waals surface area contributed by atoms with Crippen molar-refractivity contribution in [1.82, 2.24) is 20.2 Å². The van der Waals surface area contributed by atoms with Gasteiger partial charge in [0, 0.05) is 10.0 Å². The van der Waals surface area contributed by atoms with Crippen molar-refractivity contribution in [3.8, 4) is 17.1 Å². The maximum Gasteiger partial charge on any atom is 0.313 e. The molecule has 0 aliphatic heterocycles. The Hall–Kier alpha value is -2.74. The van der Waals surface area contributed by atoms with Crippen LogP contribution in [0, 0.1) is 5.41 Å². The minimum absolute atomic E-state index is 0.0721. The molecule has 29 heavy (non-hydrogen) atoms. The summed E-state index contributed by atoms with van der Waals surface area (Å²) in [4.78, 5) is 13.1. The van der Waals surface area contributed by atoms with E-state index in [4.69, 9.17) is 4.74 Å². The fourth-order valence-corrected chi connectivity index (χ4v) is 3.01. The standard InChI is InChI=1S/C21H23BrN4O3/c1-21(2,3)20(28)29-13-26-24-19(23-25-26)15-7-4-14(5-8-15)6-9-16-12-17(22)10-11-18(16)27/h4-5,7-8,10-12,27H,6,9,13H2,1-3H3. The predicted molar refractivity (Wildman–Crippen MR) is 112 cm³/mol. The molecule has 0 saturated carbocycles. The zero-order valence-electron chi connectivity index (χ0n) is 16.6. The number of benzene rings is 2. The molecule has 2 aromatic carbocycles. The summed E-state index contributed by atoms with van der Waals surface area (Å²) in [5, 5.41) is 22.2. The Kier molecular flexibility index (Phi) is 6.32. The van der Waals surface area contributed by atoms with E-state index in [2.05, 4.69) is 31.3 Å². The highest BCUT2D eigenvalue weighted by Crippen LogP contribution is 2.24. The number of aryl methyl sites for hydroxylation is 2. The van der Waals surface area contributed by atoms with Crippen molar-refractivity contribution in [3.63, 3.8) is 0 Å². The van der Waals surface area contributed by atoms with Crippen LogP contribution < -0.4 is 0 Å². The van der Waals surface area contributed by atoms with E-state index in [9.17, 15) is 9.90 Å². The van der Waals surface area contributed by atoms with E-state index < -0.39 is 5.41 Å². The van der Waals surface area contributed by atoms with Crippen LogP contribution in [0.2, 0.25) is 0 Å². The molecule has 8 heteroatoms. The molecule has 0 amide bonds. The van der Waals surface area contributed by atoms with Crippen molar-refractivity contribution >= 4 is 21.9 Å². The first-order valence-electron chi connectivity index (χ1n) is 9.24. The quantitative estimate of drug-likeness (QED) is 0.558. The Balaban J connectivity index is 1.59. The van der Waals surface area contributed by atoms with Crippen molar-refractivity contribution in [2.75, 3.05) is 0 Å². The van der Waals surface area contributed by atoms with Crippen molar-refractivity contribution in [3.05, 3.63) is 58.1 Å². The van der Waals surface area contributed by atoms with Gasteiger partial charge in [-0.1, -0.05) is 40.2 Å². The summed E-state index contributed by atoms with van der Waals surface area (Å²) in [6.45, 7) is 5.29. The van der Waals surface area contributed by atoms with Crippen molar-refractivity contribution in [2.45, 2.75) is 40.3 Å². The number of rotatable bonds is 6. The number of aromatic nitrogens is 4. The van der Waals surface area contributed by atoms with E-state index in [1.807, 2.05) is 36.4 Å². The number of hydrogen-bond acceptors (Lipinski definition) is 6. The molecule has 0 aliphatic carbocycles. The summed E-state index contributed by atoms with van der Waals surface area (Å²) in [7, 11) is 0. The average molecular weight is 459 g/mol. The van der Waals surface area contributed by atoms with Gasteiger partial charge in [-0.2, -0.15) is 0 Å². The second-order valence-electron chi connectivity index (χ2n) is 7.77. The number of phenols is 1. The van der Waals surface area contributed by atoms with E-state index in [0.717, 1.165) is 34.0 Å². The Morgan fingerprint density at radius 2 is 1.86 bits per heavy atom. The van der Waals surface area contributed by atoms with Gasteiger partial charge < -0.3 is 9.84 Å². The van der Waals surface area contributed by atoms with Gasteiger partial charge in [0.15, 0.2) is 0 Å². The van der Waals surface area contributed by atoms with Gasteiger partial charge in [0.1, 0.15) is 5.75 Å². The summed E-state index contributed by atoms with van der Waals surface area (Å²) in [5.41, 5.74) is 2.29. The van der Waals surface area contributed by atoms with Gasteiger partial charge in [-0.25, -0.2) is 0 Å². The number of carbonyl (C=O) groups is 1. The predicted octanol–water partition coefficient (Wildman–Crippen LogP) is 4.14. The van der Waals surface area contributed by atoms with Gasteiger partial charge in [0.05, 0.1) is 5.41 Å². The van der Waals surface area contributed by atoms with E-state index >= 15 is 0 Å². The number of aromatic hydroxyl groups is 1. The lowest BCUT2D eigenvalue weighted by Crippen LogP contribution is -2.24. The van der Waals surface area contributed by atoms with E-state index in [1.165, 1.54) is 4.80 Å². The summed E-state index contributed by atoms with van der Waals surface area (Å²) >= 11 is 3.43. The lowest BCUT2D eigenvalue weighted by molar-refractivity contribution is -0.157. The monoisotopic (exact) mass is 458 g/mol. The molecule has 1 aromatic heterocycles. The molecule has 1 N–H and O–H groups in total. The fourth-order valence-electron chi connectivity index (χ4n) is 2.60. The van der Waals surface area contributed by atoms with E-state index in [0.29, 0.717) is 11.6 Å². The maximum atomic E-state index is 11.8. The third kappa shape index (κ3) is 5.63. The number of halogens is 1. The van der Waals surface area contributed by atoms with Gasteiger partial charge in [-0.3, -0.25) is 4.79 Å². The minimum atomic E-state index is -0.578. The molecule has 3 aromatic rings. The highest BCUT2D eigenvalue weighted by atomic mass is 79.9. The van der Waals surface area contributed by atoms with Gasteiger partial charge in [0.2, 0.25) is 12.6 Å². The SMILES string of the molecule is CC(C)(C)C(=O)OCn1nnc(-c2ccc(CCc3cc(Br)ccc3O)cc2)n1. The summed E-state index contributed by atoms with van der Waals surface area (Å²) in [5.74, 6) is 0.447. The normalized spacial score (nSPS) is 11.4. The van der Waals surface area contributed by atoms with Gasteiger partial charge in [0.25, 0.3) is 0 Å². The summed E-state index contributed by atoms with van der Waals surface area (Å²) < 4.78 is 6.14. The third-order valence-corrected chi connectivity index (χ3v) is 4.81. The molecule has 152 valence electrons. The first kappa shape index (κ1) is 21.0. The molecule has 0 bridgehead atoms. The molecule has 0 spiro atoms. The van der Waals surface area contributed by atoms with Crippen LogP contribution in [0.1, 0.15) is 31.9 Å². The van der Waals surface area contributed by atoms with Gasteiger partial charge >= 0.3 is 5.97 Å². The minimum Gasteiger partial charge on any atom is -0.508 e. The number of carbonyl (C=O) groups excluding carboxylic acids is 1. The molecule has 0 saturated heterocycles. The lowest BCUT2D eigenvalue weighted by Gasteiger charge is -2.15. The largest absolute Gasteiger partial charge is 0.508 e. The fraction of sp³-hybridized carbons (Fsp3) is 0.333. The van der Waals surface area contributed by atoms with Crippen LogP contribution >= 0.6 is 15.9 Å². The average Bonchev–Trinajstić information content (AvgIpc) is 3.15. The third-order valence-electron chi connectivity index (χ3n) is 4.31. The number of ether oxygens (including phenoxy) is 1.